The van der Waals surface area contributed by atoms with Gasteiger partial charge in [-0.15, -0.1) is 0 Å². The predicted octanol–water partition coefficient (Wildman–Crippen LogP) is 3.56. The average Bonchev–Trinajstić information content (AvgIpc) is 2.66. The van der Waals surface area contributed by atoms with E-state index in [2.05, 4.69) is 10.3 Å². The van der Waals surface area contributed by atoms with E-state index in [1.54, 1.807) is 6.07 Å². The summed E-state index contributed by atoms with van der Waals surface area (Å²) in [5.41, 5.74) is 3.54. The van der Waals surface area contributed by atoms with Crippen LogP contribution in [-0.2, 0) is 11.3 Å². The number of amides is 1. The van der Waals surface area contributed by atoms with Gasteiger partial charge in [-0.2, -0.15) is 0 Å². The van der Waals surface area contributed by atoms with Gasteiger partial charge in [-0.05, 0) is 72.8 Å². The number of aromatic nitrogens is 1. The van der Waals surface area contributed by atoms with E-state index < -0.39 is 5.82 Å². The van der Waals surface area contributed by atoms with E-state index in [-0.39, 0.29) is 36.6 Å². The van der Waals surface area contributed by atoms with Gasteiger partial charge in [0.05, 0.1) is 0 Å². The molecule has 0 radical (unpaired) electrons. The van der Waals surface area contributed by atoms with Crippen molar-refractivity contribution < 1.29 is 14.0 Å². The Balaban J connectivity index is 1.60. The molecule has 1 heterocycles. The second-order valence-corrected chi connectivity index (χ2v) is 6.85. The molecular weight excluding hydrogens is 359 g/mol. The number of nitrogens with one attached hydrogen (secondary N) is 2. The molecule has 6 heteroatoms. The van der Waals surface area contributed by atoms with Gasteiger partial charge in [0, 0.05) is 36.0 Å². The summed E-state index contributed by atoms with van der Waals surface area (Å²) in [6.45, 7) is 4.07. The van der Waals surface area contributed by atoms with E-state index in [1.165, 1.54) is 24.3 Å². The highest BCUT2D eigenvalue weighted by molar-refractivity contribution is 5.97. The summed E-state index contributed by atoms with van der Waals surface area (Å²) < 4.78 is 12.9. The number of carbonyl (C=O) groups is 2. The lowest BCUT2D eigenvalue weighted by atomic mass is 10.0. The Bertz CT molecular complexity index is 1100. The molecule has 0 aliphatic rings. The maximum Gasteiger partial charge on any atom is 0.253 e. The van der Waals surface area contributed by atoms with Crippen molar-refractivity contribution in [2.45, 2.75) is 33.2 Å². The zero-order valence-corrected chi connectivity index (χ0v) is 15.8. The Morgan fingerprint density at radius 2 is 1.68 bits per heavy atom. The van der Waals surface area contributed by atoms with Gasteiger partial charge in [-0.1, -0.05) is 0 Å². The minimum Gasteiger partial charge on any atom is -0.352 e. The first-order chi connectivity index (χ1) is 13.3. The van der Waals surface area contributed by atoms with Crippen molar-refractivity contribution in [1.29, 1.82) is 0 Å². The van der Waals surface area contributed by atoms with Gasteiger partial charge in [0.25, 0.3) is 5.56 Å². The van der Waals surface area contributed by atoms with Crippen molar-refractivity contribution in [2.75, 3.05) is 0 Å². The molecule has 2 N–H and O–H groups in total. The van der Waals surface area contributed by atoms with Gasteiger partial charge in [0.15, 0.2) is 5.78 Å². The summed E-state index contributed by atoms with van der Waals surface area (Å²) in [6.07, 6.45) is 0.0179. The Hall–Kier alpha value is -3.28. The van der Waals surface area contributed by atoms with Crippen molar-refractivity contribution in [1.82, 2.24) is 10.3 Å². The highest BCUT2D eigenvalue weighted by Crippen LogP contribution is 2.17. The fourth-order valence-corrected chi connectivity index (χ4v) is 2.94. The third-order valence-electron chi connectivity index (χ3n) is 4.76. The quantitative estimate of drug-likeness (QED) is 0.642. The molecule has 0 aliphatic heterocycles. The summed E-state index contributed by atoms with van der Waals surface area (Å²) in [6, 6.07) is 10.9. The van der Waals surface area contributed by atoms with Crippen LogP contribution in [0.2, 0.25) is 0 Å². The number of rotatable bonds is 6. The summed E-state index contributed by atoms with van der Waals surface area (Å²) >= 11 is 0. The average molecular weight is 380 g/mol. The summed E-state index contributed by atoms with van der Waals surface area (Å²) in [7, 11) is 0. The first-order valence-corrected chi connectivity index (χ1v) is 9.02. The number of hydrogen-bond donors (Lipinski definition) is 2. The second kappa shape index (κ2) is 8.17. The van der Waals surface area contributed by atoms with Crippen molar-refractivity contribution in [2.24, 2.45) is 0 Å². The normalized spacial score (nSPS) is 10.8. The highest BCUT2D eigenvalue weighted by Gasteiger charge is 2.11. The van der Waals surface area contributed by atoms with Crippen LogP contribution >= 0.6 is 0 Å². The monoisotopic (exact) mass is 380 g/mol. The van der Waals surface area contributed by atoms with Gasteiger partial charge in [0.1, 0.15) is 5.82 Å². The topological polar surface area (TPSA) is 79.0 Å². The molecule has 0 atom stereocenters. The van der Waals surface area contributed by atoms with E-state index in [0.29, 0.717) is 11.1 Å². The van der Waals surface area contributed by atoms with Crippen LogP contribution in [0, 0.1) is 19.7 Å². The first-order valence-electron chi connectivity index (χ1n) is 9.02. The number of pyridine rings is 1. The van der Waals surface area contributed by atoms with E-state index >= 15 is 0 Å². The van der Waals surface area contributed by atoms with Gasteiger partial charge in [0.2, 0.25) is 5.91 Å². The molecule has 0 bridgehead atoms. The van der Waals surface area contributed by atoms with Crippen molar-refractivity contribution in [3.63, 3.8) is 0 Å². The SMILES string of the molecule is Cc1cc2cc(CNC(=O)CCC(=O)c3ccc(F)cc3)c(=O)[nH]c2cc1C. The van der Waals surface area contributed by atoms with E-state index in [1.807, 2.05) is 26.0 Å². The van der Waals surface area contributed by atoms with Crippen molar-refractivity contribution in [3.8, 4) is 0 Å². The first kappa shape index (κ1) is 19.5. The van der Waals surface area contributed by atoms with E-state index in [0.717, 1.165) is 22.0 Å². The molecular formula is C22H21FN2O3. The number of benzene rings is 2. The molecule has 3 rings (SSSR count). The largest absolute Gasteiger partial charge is 0.352 e. The standard InChI is InChI=1S/C22H21FN2O3/c1-13-9-16-11-17(22(28)25-19(16)10-14(13)2)12-24-21(27)8-7-20(26)15-3-5-18(23)6-4-15/h3-6,9-11H,7-8,12H2,1-2H3,(H,24,27)(H,25,28). The highest BCUT2D eigenvalue weighted by atomic mass is 19.1. The lowest BCUT2D eigenvalue weighted by molar-refractivity contribution is -0.121. The summed E-state index contributed by atoms with van der Waals surface area (Å²) in [5.74, 6) is -0.972. The maximum atomic E-state index is 12.9. The van der Waals surface area contributed by atoms with Crippen LogP contribution in [-0.4, -0.2) is 16.7 Å². The number of fused-ring (bicyclic) bond motifs is 1. The molecule has 1 aromatic heterocycles. The van der Waals surface area contributed by atoms with Gasteiger partial charge >= 0.3 is 0 Å². The summed E-state index contributed by atoms with van der Waals surface area (Å²) in [5, 5.41) is 3.58. The third kappa shape index (κ3) is 4.52. The van der Waals surface area contributed by atoms with Crippen molar-refractivity contribution in [3.05, 3.63) is 80.9 Å². The molecule has 0 fully saturated rings. The lowest BCUT2D eigenvalue weighted by Crippen LogP contribution is -2.27. The number of Topliss-reactive ketones (excluding diaryl/α,β-unsaturated/α-hetero) is 1. The lowest BCUT2D eigenvalue weighted by Gasteiger charge is -2.08. The smallest absolute Gasteiger partial charge is 0.253 e. The molecule has 0 saturated heterocycles. The number of ketones is 1. The summed E-state index contributed by atoms with van der Waals surface area (Å²) in [4.78, 5) is 39.1. The second-order valence-electron chi connectivity index (χ2n) is 6.85. The van der Waals surface area contributed by atoms with Crippen LogP contribution < -0.4 is 10.9 Å². The predicted molar refractivity (Wildman–Crippen MR) is 106 cm³/mol. The van der Waals surface area contributed by atoms with E-state index in [4.69, 9.17) is 0 Å². The molecule has 28 heavy (non-hydrogen) atoms. The van der Waals surface area contributed by atoms with Gasteiger partial charge < -0.3 is 10.3 Å². The molecule has 0 unspecified atom stereocenters. The van der Waals surface area contributed by atoms with Crippen LogP contribution in [0.1, 0.15) is 39.9 Å². The number of carbonyl (C=O) groups excluding carboxylic acids is 2. The Labute approximate surface area is 161 Å². The minimum absolute atomic E-state index is 0.00000134. The number of H-pyrrole nitrogens is 1. The molecule has 3 aromatic rings. The minimum atomic E-state index is -0.416. The zero-order chi connectivity index (χ0) is 20.3. The molecule has 2 aromatic carbocycles. The van der Waals surface area contributed by atoms with Gasteiger partial charge in [-0.25, -0.2) is 4.39 Å². The molecule has 144 valence electrons. The fourth-order valence-electron chi connectivity index (χ4n) is 2.94. The van der Waals surface area contributed by atoms with Crippen LogP contribution in [0.4, 0.5) is 4.39 Å². The number of hydrogen-bond acceptors (Lipinski definition) is 3. The van der Waals surface area contributed by atoms with Gasteiger partial charge in [-0.3, -0.25) is 14.4 Å². The molecule has 0 spiro atoms. The van der Waals surface area contributed by atoms with Crippen LogP contribution in [0.5, 0.6) is 0 Å². The van der Waals surface area contributed by atoms with Crippen LogP contribution in [0.15, 0.2) is 47.3 Å². The molecule has 1 amide bonds. The molecule has 5 nitrogen and oxygen atoms in total. The van der Waals surface area contributed by atoms with E-state index in [9.17, 15) is 18.8 Å². The molecule has 0 saturated carbocycles. The van der Waals surface area contributed by atoms with Crippen LogP contribution in [0.3, 0.4) is 0 Å². The number of aryl methyl sites for hydroxylation is 2. The third-order valence-corrected chi connectivity index (χ3v) is 4.76. The maximum absolute atomic E-state index is 12.9. The molecule has 0 aliphatic carbocycles. The fraction of sp³-hybridized carbons (Fsp3) is 0.227. The Morgan fingerprint density at radius 1 is 1.00 bits per heavy atom. The zero-order valence-electron chi connectivity index (χ0n) is 15.8. The van der Waals surface area contributed by atoms with Crippen molar-refractivity contribution >= 4 is 22.6 Å². The van der Waals surface area contributed by atoms with Crippen LogP contribution in [0.25, 0.3) is 10.9 Å². The number of halogens is 1. The number of aromatic amines is 1. The Kier molecular flexibility index (Phi) is 5.68. The Morgan fingerprint density at radius 3 is 2.39 bits per heavy atom.